The van der Waals surface area contributed by atoms with Crippen molar-refractivity contribution in [3.8, 4) is 0 Å². The summed E-state index contributed by atoms with van der Waals surface area (Å²) in [6.07, 6.45) is -0.710. The lowest BCUT2D eigenvalue weighted by Crippen LogP contribution is -2.24. The predicted molar refractivity (Wildman–Crippen MR) is 93.9 cm³/mol. The lowest BCUT2D eigenvalue weighted by atomic mass is 10.2. The molecule has 0 fully saturated rings. The van der Waals surface area contributed by atoms with Crippen molar-refractivity contribution in [2.75, 3.05) is 5.32 Å². The van der Waals surface area contributed by atoms with E-state index >= 15 is 0 Å². The minimum atomic E-state index is -4.46. The Morgan fingerprint density at radius 2 is 2.15 bits per heavy atom. The molecule has 9 heteroatoms. The van der Waals surface area contributed by atoms with E-state index in [1.807, 2.05) is 6.92 Å². The highest BCUT2D eigenvalue weighted by Crippen LogP contribution is 2.31. The summed E-state index contributed by atoms with van der Waals surface area (Å²) in [4.78, 5) is 23.9. The first-order valence-corrected chi connectivity index (χ1v) is 8.69. The highest BCUT2D eigenvalue weighted by molar-refractivity contribution is 8.00. The molecule has 0 saturated carbocycles. The standard InChI is InChI=1S/C17H15F3N4OS/c1-2-14(26-16-23-12-6-7-21-9-13(12)24-16)15(25)22-11-5-3-4-10(8-11)17(18,19)20/h3-9,14H,2H2,1H3,(H,22,25)(H,23,24). The van der Waals surface area contributed by atoms with Crippen molar-refractivity contribution < 1.29 is 18.0 Å². The van der Waals surface area contributed by atoms with Gasteiger partial charge < -0.3 is 10.3 Å². The molecule has 3 rings (SSSR count). The summed E-state index contributed by atoms with van der Waals surface area (Å²) in [6.45, 7) is 1.83. The van der Waals surface area contributed by atoms with Crippen LogP contribution in [0.5, 0.6) is 0 Å². The summed E-state index contributed by atoms with van der Waals surface area (Å²) >= 11 is 1.22. The summed E-state index contributed by atoms with van der Waals surface area (Å²) < 4.78 is 38.4. The number of imidazole rings is 1. The molecular weight excluding hydrogens is 365 g/mol. The lowest BCUT2D eigenvalue weighted by Gasteiger charge is -2.14. The number of pyridine rings is 1. The molecule has 2 N–H and O–H groups in total. The highest BCUT2D eigenvalue weighted by atomic mass is 32.2. The average Bonchev–Trinajstić information content (AvgIpc) is 3.01. The maximum Gasteiger partial charge on any atom is 0.416 e. The molecular formula is C17H15F3N4OS. The van der Waals surface area contributed by atoms with Crippen LogP contribution in [0, 0.1) is 0 Å². The van der Waals surface area contributed by atoms with Crippen molar-refractivity contribution in [3.05, 3.63) is 48.3 Å². The van der Waals surface area contributed by atoms with E-state index < -0.39 is 17.0 Å². The molecule has 0 saturated heterocycles. The minimum Gasteiger partial charge on any atom is -0.332 e. The zero-order valence-corrected chi connectivity index (χ0v) is 14.5. The first-order valence-electron chi connectivity index (χ1n) is 7.81. The van der Waals surface area contributed by atoms with Crippen LogP contribution in [0.4, 0.5) is 18.9 Å². The van der Waals surface area contributed by atoms with Crippen LogP contribution >= 0.6 is 11.8 Å². The summed E-state index contributed by atoms with van der Waals surface area (Å²) in [5.41, 5.74) is 0.789. The van der Waals surface area contributed by atoms with E-state index in [4.69, 9.17) is 0 Å². The van der Waals surface area contributed by atoms with Gasteiger partial charge in [-0.3, -0.25) is 9.78 Å². The van der Waals surface area contributed by atoms with Gasteiger partial charge in [0.15, 0.2) is 5.16 Å². The van der Waals surface area contributed by atoms with E-state index in [9.17, 15) is 18.0 Å². The van der Waals surface area contributed by atoms with Crippen LogP contribution in [0.2, 0.25) is 0 Å². The molecule has 0 spiro atoms. The van der Waals surface area contributed by atoms with Gasteiger partial charge in [0.2, 0.25) is 5.91 Å². The third-order valence-electron chi connectivity index (χ3n) is 3.64. The van der Waals surface area contributed by atoms with E-state index in [0.717, 1.165) is 23.2 Å². The van der Waals surface area contributed by atoms with E-state index in [1.165, 1.54) is 23.9 Å². The molecule has 1 aromatic carbocycles. The Morgan fingerprint density at radius 1 is 1.35 bits per heavy atom. The molecule has 2 aromatic heterocycles. The molecule has 3 aromatic rings. The molecule has 1 atom stereocenters. The van der Waals surface area contributed by atoms with Gasteiger partial charge >= 0.3 is 6.18 Å². The van der Waals surface area contributed by atoms with E-state index in [0.29, 0.717) is 11.6 Å². The second-order valence-corrected chi connectivity index (χ2v) is 6.71. The van der Waals surface area contributed by atoms with Crippen molar-refractivity contribution in [2.45, 2.75) is 29.9 Å². The fraction of sp³-hybridized carbons (Fsp3) is 0.235. The quantitative estimate of drug-likeness (QED) is 0.640. The smallest absolute Gasteiger partial charge is 0.332 e. The van der Waals surface area contributed by atoms with E-state index in [2.05, 4.69) is 20.3 Å². The van der Waals surface area contributed by atoms with Gasteiger partial charge in [0.1, 0.15) is 0 Å². The number of aromatic amines is 1. The topological polar surface area (TPSA) is 70.7 Å². The summed E-state index contributed by atoms with van der Waals surface area (Å²) in [7, 11) is 0. The van der Waals surface area contributed by atoms with Gasteiger partial charge in [-0.05, 0) is 30.7 Å². The number of rotatable bonds is 5. The van der Waals surface area contributed by atoms with Crippen molar-refractivity contribution in [3.63, 3.8) is 0 Å². The average molecular weight is 380 g/mol. The van der Waals surface area contributed by atoms with Crippen LogP contribution in [-0.4, -0.2) is 26.1 Å². The fourth-order valence-corrected chi connectivity index (χ4v) is 3.26. The molecule has 0 aliphatic heterocycles. The molecule has 0 aliphatic carbocycles. The first-order chi connectivity index (χ1) is 12.4. The van der Waals surface area contributed by atoms with Crippen LogP contribution in [0.3, 0.4) is 0 Å². The molecule has 26 heavy (non-hydrogen) atoms. The maximum atomic E-state index is 12.8. The zero-order valence-electron chi connectivity index (χ0n) is 13.7. The first kappa shape index (κ1) is 18.2. The molecule has 0 aliphatic rings. The summed E-state index contributed by atoms with van der Waals surface area (Å²) in [5.74, 6) is -0.379. The number of thioether (sulfide) groups is 1. The van der Waals surface area contributed by atoms with E-state index in [1.54, 1.807) is 18.5 Å². The third kappa shape index (κ3) is 4.16. The summed E-state index contributed by atoms with van der Waals surface area (Å²) in [6, 6.07) is 6.32. The van der Waals surface area contributed by atoms with Gasteiger partial charge in [0, 0.05) is 11.9 Å². The zero-order chi connectivity index (χ0) is 18.7. The number of nitrogens with one attached hydrogen (secondary N) is 2. The number of hydrogen-bond acceptors (Lipinski definition) is 4. The van der Waals surface area contributed by atoms with Gasteiger partial charge in [-0.1, -0.05) is 24.8 Å². The second kappa shape index (κ2) is 7.36. The Balaban J connectivity index is 1.73. The van der Waals surface area contributed by atoms with Gasteiger partial charge in [0.25, 0.3) is 0 Å². The lowest BCUT2D eigenvalue weighted by molar-refractivity contribution is -0.137. The number of halogens is 3. The Hall–Kier alpha value is -2.55. The van der Waals surface area contributed by atoms with Crippen molar-refractivity contribution in [2.24, 2.45) is 0 Å². The number of nitrogens with zero attached hydrogens (tertiary/aromatic N) is 2. The Morgan fingerprint density at radius 3 is 2.85 bits per heavy atom. The third-order valence-corrected chi connectivity index (χ3v) is 4.88. The SMILES string of the molecule is CCC(Sc1nc2ccncc2[nH]1)C(=O)Nc1cccc(C(F)(F)F)c1. The van der Waals surface area contributed by atoms with Gasteiger partial charge in [-0.15, -0.1) is 0 Å². The predicted octanol–water partition coefficient (Wildman–Crippen LogP) is 4.49. The number of fused-ring (bicyclic) bond motifs is 1. The van der Waals surface area contributed by atoms with Crippen molar-refractivity contribution in [1.29, 1.82) is 0 Å². The van der Waals surface area contributed by atoms with Crippen molar-refractivity contribution in [1.82, 2.24) is 15.0 Å². The number of H-pyrrole nitrogens is 1. The van der Waals surface area contributed by atoms with Crippen LogP contribution in [-0.2, 0) is 11.0 Å². The second-order valence-electron chi connectivity index (χ2n) is 5.52. The molecule has 136 valence electrons. The normalized spacial score (nSPS) is 12.9. The Labute approximate surface area is 151 Å². The van der Waals surface area contributed by atoms with Gasteiger partial charge in [-0.2, -0.15) is 13.2 Å². The van der Waals surface area contributed by atoms with E-state index in [-0.39, 0.29) is 11.6 Å². The molecule has 0 radical (unpaired) electrons. The highest BCUT2D eigenvalue weighted by Gasteiger charge is 2.30. The monoisotopic (exact) mass is 380 g/mol. The van der Waals surface area contributed by atoms with Crippen LogP contribution in [0.1, 0.15) is 18.9 Å². The van der Waals surface area contributed by atoms with Crippen LogP contribution in [0.25, 0.3) is 11.0 Å². The number of amides is 1. The molecule has 1 amide bonds. The number of carbonyl (C=O) groups excluding carboxylic acids is 1. The summed E-state index contributed by atoms with van der Waals surface area (Å²) in [5, 5.41) is 2.60. The number of carbonyl (C=O) groups is 1. The maximum absolute atomic E-state index is 12.8. The van der Waals surface area contributed by atoms with Crippen LogP contribution in [0.15, 0.2) is 47.9 Å². The molecule has 1 unspecified atom stereocenters. The number of hydrogen-bond donors (Lipinski definition) is 2. The minimum absolute atomic E-state index is 0.109. The molecule has 0 bridgehead atoms. The molecule has 2 heterocycles. The largest absolute Gasteiger partial charge is 0.416 e. The number of aromatic nitrogens is 3. The number of anilines is 1. The fourth-order valence-electron chi connectivity index (χ4n) is 2.34. The van der Waals surface area contributed by atoms with Gasteiger partial charge in [0.05, 0.1) is 28.0 Å². The van der Waals surface area contributed by atoms with Crippen LogP contribution < -0.4 is 5.32 Å². The Bertz CT molecular complexity index is 893. The molecule has 5 nitrogen and oxygen atoms in total. The number of alkyl halides is 3. The van der Waals surface area contributed by atoms with Crippen molar-refractivity contribution >= 4 is 34.4 Å². The Kier molecular flexibility index (Phi) is 5.17. The number of benzene rings is 1. The van der Waals surface area contributed by atoms with Gasteiger partial charge in [-0.25, -0.2) is 4.98 Å².